The summed E-state index contributed by atoms with van der Waals surface area (Å²) in [7, 11) is 0. The summed E-state index contributed by atoms with van der Waals surface area (Å²) in [5.41, 5.74) is 2.37. The second kappa shape index (κ2) is 15.5. The van der Waals surface area contributed by atoms with E-state index in [4.69, 9.17) is 0 Å². The van der Waals surface area contributed by atoms with Crippen molar-refractivity contribution in [3.05, 3.63) is 23.8 Å². The van der Waals surface area contributed by atoms with Crippen molar-refractivity contribution in [1.82, 2.24) is 0 Å². The van der Waals surface area contributed by atoms with Gasteiger partial charge in [-0.05, 0) is 37.7 Å². The molecule has 0 aliphatic carbocycles. The first-order valence-corrected chi connectivity index (χ1v) is 9.07. The molecule has 0 atom stereocenters. The minimum atomic E-state index is 0.736. The van der Waals surface area contributed by atoms with E-state index in [1.54, 1.807) is 0 Å². The van der Waals surface area contributed by atoms with E-state index in [0.717, 1.165) is 31.1 Å². The lowest BCUT2D eigenvalue weighted by molar-refractivity contribution is -0.105. The van der Waals surface area contributed by atoms with Gasteiger partial charge in [0.05, 0.1) is 0 Å². The smallest absolute Gasteiger partial charge is 0.146 e. The largest absolute Gasteiger partial charge is 0.298 e. The number of hydrogen-bond acceptors (Lipinski definition) is 1. The Morgan fingerprint density at radius 2 is 1.33 bits per heavy atom. The normalized spacial score (nSPS) is 12.1. The first kappa shape index (κ1) is 20.1. The van der Waals surface area contributed by atoms with Crippen molar-refractivity contribution in [1.29, 1.82) is 0 Å². The van der Waals surface area contributed by atoms with Gasteiger partial charge in [0, 0.05) is 0 Å². The van der Waals surface area contributed by atoms with Crippen molar-refractivity contribution in [3.63, 3.8) is 0 Å². The number of aldehydes is 1. The molecule has 21 heavy (non-hydrogen) atoms. The molecule has 0 aliphatic rings. The monoisotopic (exact) mass is 292 g/mol. The molecule has 0 N–H and O–H groups in total. The Bertz CT molecular complexity index is 288. The zero-order valence-corrected chi connectivity index (χ0v) is 14.5. The van der Waals surface area contributed by atoms with E-state index >= 15 is 0 Å². The van der Waals surface area contributed by atoms with Crippen LogP contribution in [0.5, 0.6) is 0 Å². The van der Waals surface area contributed by atoms with Gasteiger partial charge in [-0.1, -0.05) is 76.9 Å². The van der Waals surface area contributed by atoms with Gasteiger partial charge < -0.3 is 0 Å². The summed E-state index contributed by atoms with van der Waals surface area (Å²) in [5, 5.41) is 0. The molecule has 0 aromatic rings. The Labute approximate surface area is 132 Å². The van der Waals surface area contributed by atoms with Gasteiger partial charge in [0.25, 0.3) is 0 Å². The van der Waals surface area contributed by atoms with Gasteiger partial charge >= 0.3 is 0 Å². The third kappa shape index (κ3) is 11.5. The van der Waals surface area contributed by atoms with Crippen LogP contribution >= 0.6 is 0 Å². The molecule has 0 aromatic carbocycles. The predicted octanol–water partition coefficient (Wildman–Crippen LogP) is 6.78. The average Bonchev–Trinajstić information content (AvgIpc) is 2.51. The van der Waals surface area contributed by atoms with E-state index in [1.165, 1.54) is 69.8 Å². The molecule has 0 amide bonds. The van der Waals surface area contributed by atoms with Crippen molar-refractivity contribution >= 4 is 6.29 Å². The summed E-state index contributed by atoms with van der Waals surface area (Å²) in [4.78, 5) is 11.2. The van der Waals surface area contributed by atoms with E-state index in [1.807, 2.05) is 6.08 Å². The Kier molecular flexibility index (Phi) is 14.9. The van der Waals surface area contributed by atoms with Crippen molar-refractivity contribution < 1.29 is 4.79 Å². The Morgan fingerprint density at radius 1 is 0.810 bits per heavy atom. The van der Waals surface area contributed by atoms with Crippen LogP contribution in [0.3, 0.4) is 0 Å². The molecule has 0 bridgehead atoms. The van der Waals surface area contributed by atoms with E-state index in [-0.39, 0.29) is 0 Å². The Morgan fingerprint density at radius 3 is 1.86 bits per heavy atom. The van der Waals surface area contributed by atoms with E-state index in [2.05, 4.69) is 20.4 Å². The van der Waals surface area contributed by atoms with Gasteiger partial charge in [0.1, 0.15) is 6.29 Å². The summed E-state index contributed by atoms with van der Waals surface area (Å²) < 4.78 is 0. The predicted molar refractivity (Wildman–Crippen MR) is 94.7 cm³/mol. The van der Waals surface area contributed by atoms with Crippen molar-refractivity contribution in [2.24, 2.45) is 0 Å². The second-order valence-corrected chi connectivity index (χ2v) is 6.07. The summed E-state index contributed by atoms with van der Waals surface area (Å²) in [5.74, 6) is 0. The molecule has 0 saturated carbocycles. The number of unbranched alkanes of at least 4 members (excludes halogenated alkanes) is 8. The molecule has 0 heterocycles. The first-order valence-electron chi connectivity index (χ1n) is 9.07. The highest BCUT2D eigenvalue weighted by molar-refractivity contribution is 5.75. The minimum absolute atomic E-state index is 0.736. The standard InChI is InChI=1S/C20H36O/c1-4-7-9-10-11-12-13-14-17-19(16-8-5-2)20(18-21)15-6-3/h6,18H,3-5,7-17H2,1-2H3/b20-19-. The summed E-state index contributed by atoms with van der Waals surface area (Å²) in [6, 6.07) is 0. The fourth-order valence-corrected chi connectivity index (χ4v) is 2.74. The van der Waals surface area contributed by atoms with Crippen molar-refractivity contribution in [2.75, 3.05) is 0 Å². The molecule has 0 aromatic heterocycles. The third-order valence-corrected chi connectivity index (χ3v) is 4.12. The molecule has 0 spiro atoms. The van der Waals surface area contributed by atoms with Crippen molar-refractivity contribution in [3.8, 4) is 0 Å². The molecule has 122 valence electrons. The maximum Gasteiger partial charge on any atom is 0.146 e. The number of carbonyl (C=O) groups is 1. The number of rotatable bonds is 15. The van der Waals surface area contributed by atoms with Crippen LogP contribution in [-0.2, 0) is 4.79 Å². The number of carbonyl (C=O) groups excluding carboxylic acids is 1. The lowest BCUT2D eigenvalue weighted by Gasteiger charge is -2.10. The summed E-state index contributed by atoms with van der Waals surface area (Å²) >= 11 is 0. The van der Waals surface area contributed by atoms with Crippen LogP contribution in [-0.4, -0.2) is 6.29 Å². The molecule has 0 rings (SSSR count). The molecule has 0 radical (unpaired) electrons. The van der Waals surface area contributed by atoms with Crippen LogP contribution in [0.1, 0.15) is 97.3 Å². The summed E-state index contributed by atoms with van der Waals surface area (Å²) in [6.07, 6.45) is 19.0. The quantitative estimate of drug-likeness (QED) is 0.141. The Hall–Kier alpha value is -0.850. The lowest BCUT2D eigenvalue weighted by Crippen LogP contribution is -1.95. The molecule has 0 unspecified atom stereocenters. The van der Waals surface area contributed by atoms with E-state index in [9.17, 15) is 4.79 Å². The second-order valence-electron chi connectivity index (χ2n) is 6.07. The lowest BCUT2D eigenvalue weighted by atomic mass is 9.95. The van der Waals surface area contributed by atoms with Crippen molar-refractivity contribution in [2.45, 2.75) is 97.3 Å². The van der Waals surface area contributed by atoms with Gasteiger partial charge in [0.15, 0.2) is 0 Å². The molecule has 0 fully saturated rings. The van der Waals surface area contributed by atoms with Gasteiger partial charge in [-0.15, -0.1) is 6.58 Å². The maximum atomic E-state index is 11.2. The zero-order chi connectivity index (χ0) is 15.8. The van der Waals surface area contributed by atoms with Crippen LogP contribution in [0.2, 0.25) is 0 Å². The third-order valence-electron chi connectivity index (χ3n) is 4.12. The van der Waals surface area contributed by atoms with Gasteiger partial charge in [-0.2, -0.15) is 0 Å². The van der Waals surface area contributed by atoms with Crippen LogP contribution in [0.25, 0.3) is 0 Å². The SMILES string of the molecule is C=CC/C(C=O)=C(\CCCC)CCCCCCCCCC. The molecule has 1 nitrogen and oxygen atoms in total. The molecule has 0 aliphatic heterocycles. The molecular weight excluding hydrogens is 256 g/mol. The van der Waals surface area contributed by atoms with Crippen LogP contribution in [0, 0.1) is 0 Å². The molecule has 0 saturated heterocycles. The fourth-order valence-electron chi connectivity index (χ4n) is 2.74. The zero-order valence-electron chi connectivity index (χ0n) is 14.5. The van der Waals surface area contributed by atoms with Crippen LogP contribution < -0.4 is 0 Å². The van der Waals surface area contributed by atoms with Gasteiger partial charge in [-0.25, -0.2) is 0 Å². The maximum absolute atomic E-state index is 11.2. The number of allylic oxidation sites excluding steroid dienone is 3. The number of hydrogen-bond donors (Lipinski definition) is 0. The highest BCUT2D eigenvalue weighted by atomic mass is 16.1. The highest BCUT2D eigenvalue weighted by Crippen LogP contribution is 2.21. The first-order chi connectivity index (χ1) is 10.3. The molecular formula is C20H36O. The minimum Gasteiger partial charge on any atom is -0.298 e. The summed E-state index contributed by atoms with van der Waals surface area (Å²) in [6.45, 7) is 8.24. The van der Waals surface area contributed by atoms with Gasteiger partial charge in [-0.3, -0.25) is 4.79 Å². The highest BCUT2D eigenvalue weighted by Gasteiger charge is 2.05. The Balaban J connectivity index is 4.01. The van der Waals surface area contributed by atoms with Gasteiger partial charge in [0.2, 0.25) is 0 Å². The van der Waals surface area contributed by atoms with Crippen LogP contribution in [0.4, 0.5) is 0 Å². The fraction of sp³-hybridized carbons (Fsp3) is 0.750. The average molecular weight is 293 g/mol. The topological polar surface area (TPSA) is 17.1 Å². The molecule has 1 heteroatoms. The van der Waals surface area contributed by atoms with Crippen LogP contribution in [0.15, 0.2) is 23.8 Å². The van der Waals surface area contributed by atoms with E-state index in [0.29, 0.717) is 0 Å². The van der Waals surface area contributed by atoms with E-state index < -0.39 is 0 Å².